The summed E-state index contributed by atoms with van der Waals surface area (Å²) in [5.41, 5.74) is 0. The van der Waals surface area contributed by atoms with E-state index in [2.05, 4.69) is 17.2 Å². The number of thiophene rings is 1. The lowest BCUT2D eigenvalue weighted by Crippen LogP contribution is -2.31. The van der Waals surface area contributed by atoms with E-state index in [1.165, 1.54) is 30.6 Å². The number of carbonyl (C=O) groups excluding carboxylic acids is 1. The summed E-state index contributed by atoms with van der Waals surface area (Å²) in [6, 6.07) is 1.93. The van der Waals surface area contributed by atoms with Gasteiger partial charge in [0, 0.05) is 20.6 Å². The van der Waals surface area contributed by atoms with Crippen molar-refractivity contribution in [3.63, 3.8) is 0 Å². The van der Waals surface area contributed by atoms with Crippen LogP contribution in [0.5, 0.6) is 0 Å². The van der Waals surface area contributed by atoms with Gasteiger partial charge in [0.2, 0.25) is 0 Å². The van der Waals surface area contributed by atoms with E-state index in [4.69, 9.17) is 4.74 Å². The number of fused-ring (bicyclic) bond motifs is 1. The first-order chi connectivity index (χ1) is 11.5. The predicted octanol–water partition coefficient (Wildman–Crippen LogP) is 3.75. The molecule has 0 radical (unpaired) electrons. The first-order valence-electron chi connectivity index (χ1n) is 8.52. The van der Waals surface area contributed by atoms with Crippen molar-refractivity contribution in [3.8, 4) is 0 Å². The van der Waals surface area contributed by atoms with Gasteiger partial charge in [-0.1, -0.05) is 31.1 Å². The van der Waals surface area contributed by atoms with E-state index >= 15 is 0 Å². The van der Waals surface area contributed by atoms with Gasteiger partial charge in [0.05, 0.1) is 22.3 Å². The molecule has 2 atom stereocenters. The molecule has 0 aromatic carbocycles. The molecule has 0 saturated heterocycles. The van der Waals surface area contributed by atoms with Crippen molar-refractivity contribution in [2.75, 3.05) is 32.1 Å². The van der Waals surface area contributed by atoms with Crippen LogP contribution in [-0.2, 0) is 4.74 Å². The summed E-state index contributed by atoms with van der Waals surface area (Å²) in [4.78, 5) is 20.4. The van der Waals surface area contributed by atoms with Gasteiger partial charge in [0.25, 0.3) is 5.91 Å². The summed E-state index contributed by atoms with van der Waals surface area (Å²) in [6.07, 6.45) is 5.34. The highest BCUT2D eigenvalue weighted by atomic mass is 32.1. The Labute approximate surface area is 151 Å². The number of nitrogens with zero attached hydrogens (tertiary/aromatic N) is 2. The molecule has 1 aliphatic rings. The van der Waals surface area contributed by atoms with E-state index in [0.29, 0.717) is 25.2 Å². The van der Waals surface area contributed by atoms with Gasteiger partial charge in [0.1, 0.15) is 4.83 Å². The van der Waals surface area contributed by atoms with Crippen molar-refractivity contribution in [3.05, 3.63) is 10.9 Å². The van der Waals surface area contributed by atoms with Crippen LogP contribution in [0.25, 0.3) is 9.53 Å². The number of aromatic nitrogens is 1. The Morgan fingerprint density at radius 2 is 2.17 bits per heavy atom. The normalized spacial score (nSPS) is 21.1. The lowest BCUT2D eigenvalue weighted by atomic mass is 9.88. The molecule has 1 fully saturated rings. The Kier molecular flexibility index (Phi) is 5.73. The number of amides is 1. The second kappa shape index (κ2) is 7.80. The smallest absolute Gasteiger partial charge is 0.261 e. The Morgan fingerprint density at radius 3 is 2.88 bits per heavy atom. The molecule has 1 amide bonds. The summed E-state index contributed by atoms with van der Waals surface area (Å²) >= 11 is 3.06. The molecule has 2 aromatic heterocycles. The Hall–Kier alpha value is -1.18. The molecule has 5 nitrogen and oxygen atoms in total. The average molecular weight is 368 g/mol. The SMILES string of the molecule is C[C@H]1CCCC[C@H]1OCCNC(=O)c1cc2sc(N(C)C)nc2s1. The molecule has 0 unspecified atom stereocenters. The number of ether oxygens (including phenoxy) is 1. The van der Waals surface area contributed by atoms with Crippen LogP contribution in [0.3, 0.4) is 0 Å². The Morgan fingerprint density at radius 1 is 1.38 bits per heavy atom. The average Bonchev–Trinajstić information content (AvgIpc) is 3.11. The van der Waals surface area contributed by atoms with Crippen LogP contribution in [0.2, 0.25) is 0 Å². The molecule has 1 N–H and O–H groups in total. The molecule has 1 saturated carbocycles. The standard InChI is InChI=1S/C17H25N3O2S2/c1-11-6-4-5-7-12(11)22-9-8-18-15(21)13-10-14-16(23-13)19-17(24-14)20(2)3/h10-12H,4-9H2,1-3H3,(H,18,21)/t11-,12+/m0/s1. The van der Waals surface area contributed by atoms with Gasteiger partial charge in [-0.2, -0.15) is 0 Å². The van der Waals surface area contributed by atoms with Crippen molar-refractivity contribution in [2.24, 2.45) is 5.92 Å². The van der Waals surface area contributed by atoms with Crippen molar-refractivity contribution in [1.29, 1.82) is 0 Å². The minimum Gasteiger partial charge on any atom is -0.376 e. The summed E-state index contributed by atoms with van der Waals surface area (Å²) in [5, 5.41) is 3.92. The number of anilines is 1. The number of hydrogen-bond donors (Lipinski definition) is 1. The fraction of sp³-hybridized carbons (Fsp3) is 0.647. The van der Waals surface area contributed by atoms with Gasteiger partial charge < -0.3 is 15.0 Å². The molecular weight excluding hydrogens is 342 g/mol. The molecule has 0 bridgehead atoms. The first kappa shape index (κ1) is 17.6. The molecule has 132 valence electrons. The fourth-order valence-electron chi connectivity index (χ4n) is 3.02. The third-order valence-corrected chi connectivity index (χ3v) is 6.76. The lowest BCUT2D eigenvalue weighted by molar-refractivity contribution is -0.00292. The van der Waals surface area contributed by atoms with E-state index in [0.717, 1.165) is 26.0 Å². The Balaban J connectivity index is 1.47. The zero-order valence-corrected chi connectivity index (χ0v) is 16.1. The highest BCUT2D eigenvalue weighted by Crippen LogP contribution is 2.33. The summed E-state index contributed by atoms with van der Waals surface area (Å²) in [5.74, 6) is 0.604. The highest BCUT2D eigenvalue weighted by molar-refractivity contribution is 7.29. The lowest BCUT2D eigenvalue weighted by Gasteiger charge is -2.28. The van der Waals surface area contributed by atoms with Crippen LogP contribution >= 0.6 is 22.7 Å². The van der Waals surface area contributed by atoms with Crippen LogP contribution in [0.4, 0.5) is 5.13 Å². The second-order valence-electron chi connectivity index (χ2n) is 6.60. The van der Waals surface area contributed by atoms with E-state index in [1.54, 1.807) is 11.3 Å². The van der Waals surface area contributed by atoms with Gasteiger partial charge in [-0.25, -0.2) is 4.98 Å². The molecule has 2 aromatic rings. The molecule has 2 heterocycles. The van der Waals surface area contributed by atoms with E-state index in [-0.39, 0.29) is 5.91 Å². The predicted molar refractivity (Wildman–Crippen MR) is 102 cm³/mol. The number of carbonyl (C=O) groups is 1. The molecular formula is C17H25N3O2S2. The molecule has 3 rings (SSSR count). The molecule has 7 heteroatoms. The zero-order chi connectivity index (χ0) is 17.1. The van der Waals surface area contributed by atoms with Crippen molar-refractivity contribution < 1.29 is 9.53 Å². The number of rotatable bonds is 6. The molecule has 1 aliphatic carbocycles. The minimum atomic E-state index is -0.0307. The van der Waals surface area contributed by atoms with Crippen molar-refractivity contribution in [2.45, 2.75) is 38.7 Å². The van der Waals surface area contributed by atoms with E-state index < -0.39 is 0 Å². The molecule has 0 spiro atoms. The van der Waals surface area contributed by atoms with Crippen molar-refractivity contribution >= 4 is 43.2 Å². The maximum Gasteiger partial charge on any atom is 0.261 e. The summed E-state index contributed by atoms with van der Waals surface area (Å²) in [6.45, 7) is 3.41. The van der Waals surface area contributed by atoms with Crippen LogP contribution < -0.4 is 10.2 Å². The number of thiazole rings is 1. The first-order valence-corrected chi connectivity index (χ1v) is 10.2. The van der Waals surface area contributed by atoms with Gasteiger partial charge in [-0.3, -0.25) is 4.79 Å². The highest BCUT2D eigenvalue weighted by Gasteiger charge is 2.21. The molecule has 24 heavy (non-hydrogen) atoms. The van der Waals surface area contributed by atoms with Gasteiger partial charge >= 0.3 is 0 Å². The third-order valence-electron chi connectivity index (χ3n) is 4.44. The second-order valence-corrected chi connectivity index (χ2v) is 8.64. The van der Waals surface area contributed by atoms with Crippen LogP contribution in [-0.4, -0.2) is 44.2 Å². The van der Waals surface area contributed by atoms with Crippen molar-refractivity contribution in [1.82, 2.24) is 10.3 Å². The van der Waals surface area contributed by atoms with E-state index in [9.17, 15) is 4.79 Å². The zero-order valence-electron chi connectivity index (χ0n) is 14.5. The fourth-order valence-corrected chi connectivity index (χ4v) is 5.07. The van der Waals surface area contributed by atoms with Crippen LogP contribution in [0.1, 0.15) is 42.3 Å². The number of nitrogens with one attached hydrogen (secondary N) is 1. The summed E-state index contributed by atoms with van der Waals surface area (Å²) in [7, 11) is 3.95. The summed E-state index contributed by atoms with van der Waals surface area (Å²) < 4.78 is 7.01. The monoisotopic (exact) mass is 367 g/mol. The topological polar surface area (TPSA) is 54.5 Å². The quantitative estimate of drug-likeness (QED) is 0.790. The molecule has 0 aliphatic heterocycles. The maximum atomic E-state index is 12.3. The minimum absolute atomic E-state index is 0.0307. The van der Waals surface area contributed by atoms with Gasteiger partial charge in [-0.15, -0.1) is 11.3 Å². The Bertz CT molecular complexity index is 664. The van der Waals surface area contributed by atoms with Gasteiger partial charge in [-0.05, 0) is 24.8 Å². The van der Waals surface area contributed by atoms with E-state index in [1.807, 2.05) is 25.1 Å². The third kappa shape index (κ3) is 4.07. The van der Waals surface area contributed by atoms with Crippen LogP contribution in [0.15, 0.2) is 6.07 Å². The maximum absolute atomic E-state index is 12.3. The number of hydrogen-bond acceptors (Lipinski definition) is 6. The largest absolute Gasteiger partial charge is 0.376 e. The van der Waals surface area contributed by atoms with Gasteiger partial charge in [0.15, 0.2) is 5.13 Å². The van der Waals surface area contributed by atoms with Crippen LogP contribution in [0, 0.1) is 5.92 Å².